The summed E-state index contributed by atoms with van der Waals surface area (Å²) in [6.45, 7) is 2.38. The Labute approximate surface area is 88.4 Å². The van der Waals surface area contributed by atoms with Crippen molar-refractivity contribution in [3.05, 3.63) is 0 Å². The van der Waals surface area contributed by atoms with Gasteiger partial charge >= 0.3 is 5.97 Å². The van der Waals surface area contributed by atoms with Crippen molar-refractivity contribution in [3.63, 3.8) is 0 Å². The Morgan fingerprint density at radius 1 is 1.40 bits per heavy atom. The molecule has 0 radical (unpaired) electrons. The fourth-order valence-corrected chi connectivity index (χ4v) is 2.18. The molecule has 0 spiro atoms. The Morgan fingerprint density at radius 3 is 2.67 bits per heavy atom. The zero-order valence-corrected chi connectivity index (χ0v) is 8.61. The second kappa shape index (κ2) is 4.18. The zero-order valence-electron chi connectivity index (χ0n) is 8.61. The summed E-state index contributed by atoms with van der Waals surface area (Å²) in [6.07, 6.45) is 1.91. The molecular formula is C10H16N2O3. The first-order chi connectivity index (χ1) is 7.18. The van der Waals surface area contributed by atoms with E-state index in [0.717, 1.165) is 19.5 Å². The maximum Gasteiger partial charge on any atom is 0.326 e. The highest BCUT2D eigenvalue weighted by atomic mass is 16.4. The van der Waals surface area contributed by atoms with Crippen LogP contribution in [0.15, 0.2) is 0 Å². The van der Waals surface area contributed by atoms with E-state index >= 15 is 0 Å². The van der Waals surface area contributed by atoms with Gasteiger partial charge in [0.15, 0.2) is 0 Å². The summed E-state index contributed by atoms with van der Waals surface area (Å²) in [6, 6.07) is -0.578. The summed E-state index contributed by atoms with van der Waals surface area (Å²) in [5.41, 5.74) is 0. The standard InChI is InChI=1S/C10H16N2O3/c13-9(4-7-5-11-6-7)12-3-1-2-8(12)10(14)15/h7-8,11H,1-6H2,(H,14,15)/t8-/m1/s1. The van der Waals surface area contributed by atoms with Crippen LogP contribution >= 0.6 is 0 Å². The molecule has 0 unspecified atom stereocenters. The molecule has 0 aromatic carbocycles. The Bertz CT molecular complexity index is 276. The highest BCUT2D eigenvalue weighted by Crippen LogP contribution is 2.20. The largest absolute Gasteiger partial charge is 0.480 e. The van der Waals surface area contributed by atoms with Gasteiger partial charge in [-0.15, -0.1) is 0 Å². The van der Waals surface area contributed by atoms with Crippen molar-refractivity contribution in [2.45, 2.75) is 25.3 Å². The number of carboxylic acid groups (broad SMARTS) is 1. The molecule has 0 aromatic heterocycles. The molecule has 0 bridgehead atoms. The summed E-state index contributed by atoms with van der Waals surface area (Å²) in [7, 11) is 0. The molecule has 5 nitrogen and oxygen atoms in total. The first-order valence-electron chi connectivity index (χ1n) is 5.41. The fourth-order valence-electron chi connectivity index (χ4n) is 2.18. The summed E-state index contributed by atoms with van der Waals surface area (Å²) in [4.78, 5) is 24.2. The van der Waals surface area contributed by atoms with Gasteiger partial charge in [-0.1, -0.05) is 0 Å². The lowest BCUT2D eigenvalue weighted by atomic mass is 9.98. The highest BCUT2D eigenvalue weighted by molar-refractivity contribution is 5.84. The molecule has 1 atom stereocenters. The van der Waals surface area contributed by atoms with Gasteiger partial charge in [-0.3, -0.25) is 4.79 Å². The van der Waals surface area contributed by atoms with E-state index in [4.69, 9.17) is 5.11 Å². The van der Waals surface area contributed by atoms with Crippen molar-refractivity contribution in [1.29, 1.82) is 0 Å². The molecule has 2 saturated heterocycles. The molecule has 0 aromatic rings. The molecule has 2 aliphatic rings. The molecule has 2 rings (SSSR count). The summed E-state index contributed by atoms with van der Waals surface area (Å²) < 4.78 is 0. The first kappa shape index (κ1) is 10.4. The number of likely N-dealkylation sites (tertiary alicyclic amines) is 1. The molecule has 2 N–H and O–H groups in total. The van der Waals surface area contributed by atoms with Crippen molar-refractivity contribution >= 4 is 11.9 Å². The number of amides is 1. The second-order valence-corrected chi connectivity index (χ2v) is 4.31. The minimum atomic E-state index is -0.868. The lowest BCUT2D eigenvalue weighted by molar-refractivity contribution is -0.148. The topological polar surface area (TPSA) is 69.6 Å². The number of nitrogens with one attached hydrogen (secondary N) is 1. The van der Waals surface area contributed by atoms with Crippen molar-refractivity contribution in [3.8, 4) is 0 Å². The smallest absolute Gasteiger partial charge is 0.326 e. The Balaban J connectivity index is 1.90. The number of aliphatic carboxylic acids is 1. The predicted molar refractivity (Wildman–Crippen MR) is 53.3 cm³/mol. The van der Waals surface area contributed by atoms with Crippen LogP contribution in [-0.4, -0.2) is 47.6 Å². The van der Waals surface area contributed by atoms with E-state index in [2.05, 4.69) is 5.32 Å². The molecule has 84 valence electrons. The number of carbonyl (C=O) groups is 2. The normalized spacial score (nSPS) is 26.4. The van der Waals surface area contributed by atoms with E-state index in [-0.39, 0.29) is 5.91 Å². The van der Waals surface area contributed by atoms with Crippen LogP contribution in [-0.2, 0) is 9.59 Å². The van der Waals surface area contributed by atoms with Crippen molar-refractivity contribution in [2.24, 2.45) is 5.92 Å². The molecule has 15 heavy (non-hydrogen) atoms. The number of carbonyl (C=O) groups excluding carboxylic acids is 1. The molecule has 2 aliphatic heterocycles. The average molecular weight is 212 g/mol. The zero-order chi connectivity index (χ0) is 10.8. The second-order valence-electron chi connectivity index (χ2n) is 4.31. The molecule has 1 amide bonds. The van der Waals surface area contributed by atoms with Crippen LogP contribution in [0.5, 0.6) is 0 Å². The number of carboxylic acids is 1. The average Bonchev–Trinajstić information content (AvgIpc) is 2.59. The van der Waals surface area contributed by atoms with Crippen molar-refractivity contribution < 1.29 is 14.7 Å². The van der Waals surface area contributed by atoms with Gasteiger partial charge in [0, 0.05) is 13.0 Å². The number of hydrogen-bond acceptors (Lipinski definition) is 3. The van der Waals surface area contributed by atoms with E-state index in [1.165, 1.54) is 4.90 Å². The molecule has 0 saturated carbocycles. The summed E-state index contributed by atoms with van der Waals surface area (Å²) in [5, 5.41) is 12.0. The summed E-state index contributed by atoms with van der Waals surface area (Å²) >= 11 is 0. The Kier molecular flexibility index (Phi) is 2.90. The number of nitrogens with zero attached hydrogens (tertiary/aromatic N) is 1. The number of hydrogen-bond donors (Lipinski definition) is 2. The SMILES string of the molecule is O=C(O)[C@H]1CCCN1C(=O)CC1CNC1. The van der Waals surface area contributed by atoms with Crippen molar-refractivity contribution in [1.82, 2.24) is 10.2 Å². The quantitative estimate of drug-likeness (QED) is 0.672. The minimum Gasteiger partial charge on any atom is -0.480 e. The van der Waals surface area contributed by atoms with Crippen molar-refractivity contribution in [2.75, 3.05) is 19.6 Å². The highest BCUT2D eigenvalue weighted by Gasteiger charge is 2.35. The monoisotopic (exact) mass is 212 g/mol. The molecule has 5 heteroatoms. The van der Waals surface area contributed by atoms with E-state index in [0.29, 0.717) is 25.3 Å². The van der Waals surface area contributed by atoms with E-state index in [9.17, 15) is 9.59 Å². The van der Waals surface area contributed by atoms with Gasteiger partial charge in [0.05, 0.1) is 0 Å². The molecule has 0 aliphatic carbocycles. The van der Waals surface area contributed by atoms with Gasteiger partial charge < -0.3 is 15.3 Å². The van der Waals surface area contributed by atoms with Gasteiger partial charge in [-0.25, -0.2) is 4.79 Å². The van der Waals surface area contributed by atoms with E-state index in [1.807, 2.05) is 0 Å². The van der Waals surface area contributed by atoms with Crippen LogP contribution in [0.25, 0.3) is 0 Å². The summed E-state index contributed by atoms with van der Waals surface area (Å²) in [5.74, 6) is -0.452. The van der Waals surface area contributed by atoms with Gasteiger partial charge in [0.1, 0.15) is 6.04 Å². The van der Waals surface area contributed by atoms with Gasteiger partial charge in [-0.05, 0) is 31.8 Å². The molecule has 2 fully saturated rings. The van der Waals surface area contributed by atoms with Gasteiger partial charge in [0.25, 0.3) is 0 Å². The number of rotatable bonds is 3. The van der Waals surface area contributed by atoms with Gasteiger partial charge in [0.2, 0.25) is 5.91 Å². The minimum absolute atomic E-state index is 0.00593. The van der Waals surface area contributed by atoms with Crippen LogP contribution < -0.4 is 5.32 Å². The van der Waals surface area contributed by atoms with Gasteiger partial charge in [-0.2, -0.15) is 0 Å². The molecule has 2 heterocycles. The van der Waals surface area contributed by atoms with Crippen LogP contribution in [0.1, 0.15) is 19.3 Å². The lowest BCUT2D eigenvalue weighted by Gasteiger charge is -2.29. The third kappa shape index (κ3) is 2.12. The maximum atomic E-state index is 11.8. The fraction of sp³-hybridized carbons (Fsp3) is 0.800. The van der Waals surface area contributed by atoms with E-state index in [1.54, 1.807) is 0 Å². The lowest BCUT2D eigenvalue weighted by Crippen LogP contribution is -2.47. The van der Waals surface area contributed by atoms with Crippen LogP contribution in [0.3, 0.4) is 0 Å². The van der Waals surface area contributed by atoms with Crippen LogP contribution in [0, 0.1) is 5.92 Å². The Morgan fingerprint density at radius 2 is 2.13 bits per heavy atom. The molecular weight excluding hydrogens is 196 g/mol. The van der Waals surface area contributed by atoms with E-state index < -0.39 is 12.0 Å². The first-order valence-corrected chi connectivity index (χ1v) is 5.41. The predicted octanol–water partition coefficient (Wildman–Crippen LogP) is -0.329. The third-order valence-corrected chi connectivity index (χ3v) is 3.19. The maximum absolute atomic E-state index is 11.8. The van der Waals surface area contributed by atoms with Crippen LogP contribution in [0.4, 0.5) is 0 Å². The van der Waals surface area contributed by atoms with Crippen LogP contribution in [0.2, 0.25) is 0 Å². The third-order valence-electron chi connectivity index (χ3n) is 3.19. The Hall–Kier alpha value is -1.10.